The number of ether oxygens (including phenoxy) is 1. The SMILES string of the molecule is COCc1ccc(CNC2CCCCC2)o1. The molecule has 1 aliphatic carbocycles. The normalized spacial score (nSPS) is 17.8. The van der Waals surface area contributed by atoms with Crippen molar-refractivity contribution in [1.82, 2.24) is 5.32 Å². The zero-order chi connectivity index (χ0) is 11.2. The van der Waals surface area contributed by atoms with Gasteiger partial charge in [0.25, 0.3) is 0 Å². The lowest BCUT2D eigenvalue weighted by molar-refractivity contribution is 0.162. The highest BCUT2D eigenvalue weighted by atomic mass is 16.5. The first-order valence-electron chi connectivity index (χ1n) is 6.18. The topological polar surface area (TPSA) is 34.4 Å². The zero-order valence-corrected chi connectivity index (χ0v) is 10.00. The molecule has 1 N–H and O–H groups in total. The van der Waals surface area contributed by atoms with Crippen LogP contribution in [0.2, 0.25) is 0 Å². The maximum Gasteiger partial charge on any atom is 0.129 e. The van der Waals surface area contributed by atoms with Crippen LogP contribution in [0.15, 0.2) is 16.5 Å². The Kier molecular flexibility index (Phi) is 4.43. The van der Waals surface area contributed by atoms with Crippen LogP contribution in [0.1, 0.15) is 43.6 Å². The second kappa shape index (κ2) is 6.06. The molecule has 3 nitrogen and oxygen atoms in total. The van der Waals surface area contributed by atoms with Crippen molar-refractivity contribution in [2.75, 3.05) is 7.11 Å². The molecule has 0 amide bonds. The van der Waals surface area contributed by atoms with Crippen molar-refractivity contribution in [1.29, 1.82) is 0 Å². The van der Waals surface area contributed by atoms with E-state index in [2.05, 4.69) is 5.32 Å². The lowest BCUT2D eigenvalue weighted by Crippen LogP contribution is -2.30. The van der Waals surface area contributed by atoms with Crippen molar-refractivity contribution in [3.63, 3.8) is 0 Å². The Labute approximate surface area is 97.2 Å². The standard InChI is InChI=1S/C13H21NO2/c1-15-10-13-8-7-12(16-13)9-14-11-5-3-2-4-6-11/h7-8,11,14H,2-6,9-10H2,1H3. The van der Waals surface area contributed by atoms with Crippen molar-refractivity contribution in [3.8, 4) is 0 Å². The van der Waals surface area contributed by atoms with E-state index in [0.29, 0.717) is 12.6 Å². The maximum absolute atomic E-state index is 5.63. The number of nitrogens with one attached hydrogen (secondary N) is 1. The maximum atomic E-state index is 5.63. The summed E-state index contributed by atoms with van der Waals surface area (Å²) >= 11 is 0. The molecule has 0 unspecified atom stereocenters. The van der Waals surface area contributed by atoms with Gasteiger partial charge in [0.15, 0.2) is 0 Å². The van der Waals surface area contributed by atoms with Gasteiger partial charge in [0.05, 0.1) is 6.54 Å². The third kappa shape index (κ3) is 3.35. The van der Waals surface area contributed by atoms with Gasteiger partial charge in [0, 0.05) is 13.2 Å². The summed E-state index contributed by atoms with van der Waals surface area (Å²) in [7, 11) is 1.68. The molecule has 0 saturated heterocycles. The Hall–Kier alpha value is -0.800. The molecule has 16 heavy (non-hydrogen) atoms. The average Bonchev–Trinajstić information content (AvgIpc) is 2.76. The van der Waals surface area contributed by atoms with Crippen molar-refractivity contribution in [2.24, 2.45) is 0 Å². The smallest absolute Gasteiger partial charge is 0.129 e. The molecule has 90 valence electrons. The first kappa shape index (κ1) is 11.7. The highest BCUT2D eigenvalue weighted by Gasteiger charge is 2.13. The van der Waals surface area contributed by atoms with Crippen LogP contribution in [-0.4, -0.2) is 13.2 Å². The first-order valence-corrected chi connectivity index (χ1v) is 6.18. The molecule has 0 aromatic carbocycles. The van der Waals surface area contributed by atoms with Crippen LogP contribution in [0, 0.1) is 0 Å². The third-order valence-electron chi connectivity index (χ3n) is 3.17. The van der Waals surface area contributed by atoms with Gasteiger partial charge in [-0.2, -0.15) is 0 Å². The van der Waals surface area contributed by atoms with E-state index in [1.165, 1.54) is 32.1 Å². The highest BCUT2D eigenvalue weighted by Crippen LogP contribution is 2.18. The average molecular weight is 223 g/mol. The summed E-state index contributed by atoms with van der Waals surface area (Å²) in [6.45, 7) is 1.40. The van der Waals surface area contributed by atoms with Gasteiger partial charge in [0.2, 0.25) is 0 Å². The van der Waals surface area contributed by atoms with E-state index < -0.39 is 0 Å². The summed E-state index contributed by atoms with van der Waals surface area (Å²) in [6, 6.07) is 4.70. The minimum absolute atomic E-state index is 0.559. The third-order valence-corrected chi connectivity index (χ3v) is 3.17. The Bertz CT molecular complexity index is 303. The van der Waals surface area contributed by atoms with Gasteiger partial charge >= 0.3 is 0 Å². The minimum Gasteiger partial charge on any atom is -0.462 e. The molecule has 0 bridgehead atoms. The molecule has 1 saturated carbocycles. The van der Waals surface area contributed by atoms with Crippen LogP contribution in [0.4, 0.5) is 0 Å². The van der Waals surface area contributed by atoms with Gasteiger partial charge in [-0.1, -0.05) is 19.3 Å². The number of methoxy groups -OCH3 is 1. The summed E-state index contributed by atoms with van der Waals surface area (Å²) in [4.78, 5) is 0. The van der Waals surface area contributed by atoms with Gasteiger partial charge in [-0.05, 0) is 25.0 Å². The molecule has 1 heterocycles. The number of rotatable bonds is 5. The Morgan fingerprint density at radius 1 is 1.25 bits per heavy atom. The molecule has 0 spiro atoms. The second-order valence-corrected chi connectivity index (χ2v) is 4.52. The van der Waals surface area contributed by atoms with E-state index in [0.717, 1.165) is 18.1 Å². The molecule has 0 aliphatic heterocycles. The van der Waals surface area contributed by atoms with Crippen LogP contribution in [0.5, 0.6) is 0 Å². The summed E-state index contributed by atoms with van der Waals surface area (Å²) in [5, 5.41) is 3.56. The van der Waals surface area contributed by atoms with Crippen LogP contribution in [0.25, 0.3) is 0 Å². The molecule has 3 heteroatoms. The molecule has 0 atom stereocenters. The highest BCUT2D eigenvalue weighted by molar-refractivity contribution is 5.06. The van der Waals surface area contributed by atoms with Crippen LogP contribution < -0.4 is 5.32 Å². The van der Waals surface area contributed by atoms with Crippen LogP contribution >= 0.6 is 0 Å². The monoisotopic (exact) mass is 223 g/mol. The number of hydrogen-bond acceptors (Lipinski definition) is 3. The van der Waals surface area contributed by atoms with Gasteiger partial charge in [-0.3, -0.25) is 0 Å². The second-order valence-electron chi connectivity index (χ2n) is 4.52. The lowest BCUT2D eigenvalue weighted by atomic mass is 9.95. The van der Waals surface area contributed by atoms with Gasteiger partial charge in [-0.15, -0.1) is 0 Å². The van der Waals surface area contributed by atoms with E-state index in [9.17, 15) is 0 Å². The number of hydrogen-bond donors (Lipinski definition) is 1. The van der Waals surface area contributed by atoms with Crippen LogP contribution in [-0.2, 0) is 17.9 Å². The largest absolute Gasteiger partial charge is 0.462 e. The van der Waals surface area contributed by atoms with Crippen molar-refractivity contribution < 1.29 is 9.15 Å². The van der Waals surface area contributed by atoms with Gasteiger partial charge in [0.1, 0.15) is 18.1 Å². The summed E-state index contributed by atoms with van der Waals surface area (Å²) in [5.74, 6) is 1.92. The predicted octanol–water partition coefficient (Wildman–Crippen LogP) is 2.85. The van der Waals surface area contributed by atoms with E-state index in [4.69, 9.17) is 9.15 Å². The van der Waals surface area contributed by atoms with Gasteiger partial charge in [-0.25, -0.2) is 0 Å². The van der Waals surface area contributed by atoms with Crippen LogP contribution in [0.3, 0.4) is 0 Å². The zero-order valence-electron chi connectivity index (χ0n) is 10.00. The van der Waals surface area contributed by atoms with Gasteiger partial charge < -0.3 is 14.5 Å². The van der Waals surface area contributed by atoms with E-state index in [1.807, 2.05) is 12.1 Å². The molecule has 2 rings (SSSR count). The van der Waals surface area contributed by atoms with Crippen molar-refractivity contribution in [2.45, 2.75) is 51.3 Å². The Morgan fingerprint density at radius 2 is 2.00 bits per heavy atom. The van der Waals surface area contributed by atoms with Crippen molar-refractivity contribution >= 4 is 0 Å². The van der Waals surface area contributed by atoms with E-state index >= 15 is 0 Å². The number of furan rings is 1. The Morgan fingerprint density at radius 3 is 2.75 bits per heavy atom. The fourth-order valence-corrected chi connectivity index (χ4v) is 2.29. The molecule has 1 fully saturated rings. The first-order chi connectivity index (χ1) is 7.88. The molecule has 0 radical (unpaired) electrons. The summed E-state index contributed by atoms with van der Waals surface area (Å²) < 4.78 is 10.6. The molecule has 1 aliphatic rings. The summed E-state index contributed by atoms with van der Waals surface area (Å²) in [6.07, 6.45) is 6.75. The summed E-state index contributed by atoms with van der Waals surface area (Å²) in [5.41, 5.74) is 0. The quantitative estimate of drug-likeness (QED) is 0.833. The molecule has 1 aromatic heterocycles. The van der Waals surface area contributed by atoms with E-state index in [1.54, 1.807) is 7.11 Å². The molecular weight excluding hydrogens is 202 g/mol. The fraction of sp³-hybridized carbons (Fsp3) is 0.692. The van der Waals surface area contributed by atoms with Crippen molar-refractivity contribution in [3.05, 3.63) is 23.7 Å². The molecular formula is C13H21NO2. The predicted molar refractivity (Wildman–Crippen MR) is 63.1 cm³/mol. The fourth-order valence-electron chi connectivity index (χ4n) is 2.29. The minimum atomic E-state index is 0.559. The van der Waals surface area contributed by atoms with E-state index in [-0.39, 0.29) is 0 Å². The molecule has 1 aromatic rings. The lowest BCUT2D eigenvalue weighted by Gasteiger charge is -2.22. The Balaban J connectivity index is 1.75.